The molecule has 0 atom stereocenters. The molecule has 0 bridgehead atoms. The summed E-state index contributed by atoms with van der Waals surface area (Å²) in [4.78, 5) is 17.8. The second-order valence-electron chi connectivity index (χ2n) is 4.32. The Bertz CT molecular complexity index is 716. The fourth-order valence-electron chi connectivity index (χ4n) is 2.05. The van der Waals surface area contributed by atoms with Crippen molar-refractivity contribution in [2.75, 3.05) is 14.2 Å². The van der Waals surface area contributed by atoms with Crippen molar-refractivity contribution in [1.29, 1.82) is 0 Å². The molecule has 2 rings (SSSR count). The van der Waals surface area contributed by atoms with Crippen molar-refractivity contribution >= 4 is 23.0 Å². The van der Waals surface area contributed by atoms with Crippen molar-refractivity contribution in [2.45, 2.75) is 20.4 Å². The topological polar surface area (TPSA) is 52.8 Å². The minimum absolute atomic E-state index is 0.332. The van der Waals surface area contributed by atoms with Crippen molar-refractivity contribution in [1.82, 2.24) is 4.57 Å². The minimum Gasteiger partial charge on any atom is -0.494 e. The van der Waals surface area contributed by atoms with Crippen LogP contribution in [0.5, 0.6) is 5.75 Å². The zero-order valence-electron chi connectivity index (χ0n) is 12.5. The maximum Gasteiger partial charge on any atom is 0.349 e. The third-order valence-corrected chi connectivity index (χ3v) is 4.31. The molecular formula is C15H18N2O3S. The number of carbonyl (C=O) groups is 1. The van der Waals surface area contributed by atoms with Crippen LogP contribution in [0.15, 0.2) is 29.3 Å². The number of methoxy groups -OCH3 is 2. The molecule has 1 aromatic heterocycles. The fraction of sp³-hybridized carbons (Fsp3) is 0.333. The van der Waals surface area contributed by atoms with E-state index >= 15 is 0 Å². The highest BCUT2D eigenvalue weighted by Gasteiger charge is 2.16. The van der Waals surface area contributed by atoms with Crippen LogP contribution >= 0.6 is 11.3 Å². The Morgan fingerprint density at radius 3 is 2.67 bits per heavy atom. The van der Waals surface area contributed by atoms with Crippen LogP contribution in [0.2, 0.25) is 0 Å². The van der Waals surface area contributed by atoms with Crippen LogP contribution in [0.4, 0.5) is 5.69 Å². The second kappa shape index (κ2) is 6.58. The Hall–Kier alpha value is -2.08. The summed E-state index contributed by atoms with van der Waals surface area (Å²) in [6, 6.07) is 7.53. The molecule has 0 amide bonds. The van der Waals surface area contributed by atoms with Crippen LogP contribution in [-0.4, -0.2) is 24.8 Å². The van der Waals surface area contributed by atoms with Crippen LogP contribution in [0.25, 0.3) is 0 Å². The number of hydrogen-bond acceptors (Lipinski definition) is 5. The molecule has 0 aliphatic carbocycles. The standard InChI is InChI=1S/C15H18N2O3S/c1-5-17-10(2)13(14(18)20-4)21-15(17)16-11-8-6-7-9-12(11)19-3/h6-9H,5H2,1-4H3. The van der Waals surface area contributed by atoms with Gasteiger partial charge in [0.05, 0.1) is 14.2 Å². The van der Waals surface area contributed by atoms with Crippen molar-refractivity contribution in [3.05, 3.63) is 39.6 Å². The van der Waals surface area contributed by atoms with E-state index in [1.54, 1.807) is 7.11 Å². The number of hydrogen-bond donors (Lipinski definition) is 0. The molecule has 0 aliphatic rings. The first-order valence-electron chi connectivity index (χ1n) is 6.58. The molecule has 6 heteroatoms. The summed E-state index contributed by atoms with van der Waals surface area (Å²) in [6.07, 6.45) is 0. The predicted octanol–water partition coefficient (Wildman–Crippen LogP) is 2.91. The Labute approximate surface area is 127 Å². The van der Waals surface area contributed by atoms with Crippen LogP contribution in [0.1, 0.15) is 22.3 Å². The molecule has 1 aromatic carbocycles. The molecule has 2 aromatic rings. The van der Waals surface area contributed by atoms with Crippen LogP contribution in [0.3, 0.4) is 0 Å². The van der Waals surface area contributed by atoms with Crippen molar-refractivity contribution in [2.24, 2.45) is 4.99 Å². The average molecular weight is 306 g/mol. The van der Waals surface area contributed by atoms with Crippen molar-refractivity contribution in [3.63, 3.8) is 0 Å². The van der Waals surface area contributed by atoms with E-state index in [1.165, 1.54) is 18.4 Å². The third-order valence-electron chi connectivity index (χ3n) is 3.15. The van der Waals surface area contributed by atoms with Gasteiger partial charge in [0.25, 0.3) is 0 Å². The molecule has 5 nitrogen and oxygen atoms in total. The van der Waals surface area contributed by atoms with E-state index in [2.05, 4.69) is 4.99 Å². The molecule has 0 saturated heterocycles. The monoisotopic (exact) mass is 306 g/mol. The Morgan fingerprint density at radius 2 is 2.05 bits per heavy atom. The van der Waals surface area contributed by atoms with Gasteiger partial charge in [0.15, 0.2) is 4.80 Å². The zero-order chi connectivity index (χ0) is 15.4. The average Bonchev–Trinajstić information content (AvgIpc) is 2.82. The molecule has 0 radical (unpaired) electrons. The van der Waals surface area contributed by atoms with Crippen LogP contribution in [-0.2, 0) is 11.3 Å². The van der Waals surface area contributed by atoms with Gasteiger partial charge in [-0.3, -0.25) is 0 Å². The Kier molecular flexibility index (Phi) is 4.80. The maximum absolute atomic E-state index is 11.8. The highest BCUT2D eigenvalue weighted by Crippen LogP contribution is 2.26. The molecule has 112 valence electrons. The van der Waals surface area contributed by atoms with Gasteiger partial charge >= 0.3 is 5.97 Å². The lowest BCUT2D eigenvalue weighted by molar-refractivity contribution is 0.0605. The lowest BCUT2D eigenvalue weighted by Gasteiger charge is -2.04. The summed E-state index contributed by atoms with van der Waals surface area (Å²) < 4.78 is 12.1. The molecule has 0 unspecified atom stereocenters. The lowest BCUT2D eigenvalue weighted by Crippen LogP contribution is -2.14. The first-order chi connectivity index (χ1) is 10.1. The van der Waals surface area contributed by atoms with E-state index in [-0.39, 0.29) is 5.97 Å². The van der Waals surface area contributed by atoms with E-state index in [1.807, 2.05) is 42.7 Å². The van der Waals surface area contributed by atoms with E-state index in [0.717, 1.165) is 22.7 Å². The third kappa shape index (κ3) is 3.00. The van der Waals surface area contributed by atoms with E-state index in [4.69, 9.17) is 9.47 Å². The summed E-state index contributed by atoms with van der Waals surface area (Å²) in [5.41, 5.74) is 1.60. The first kappa shape index (κ1) is 15.3. The summed E-state index contributed by atoms with van der Waals surface area (Å²) in [7, 11) is 3.00. The molecule has 0 N–H and O–H groups in total. The number of esters is 1. The Balaban J connectivity index is 2.63. The van der Waals surface area contributed by atoms with E-state index in [0.29, 0.717) is 10.6 Å². The normalized spacial score (nSPS) is 11.5. The quantitative estimate of drug-likeness (QED) is 0.816. The largest absolute Gasteiger partial charge is 0.494 e. The number of ether oxygens (including phenoxy) is 2. The van der Waals surface area contributed by atoms with E-state index < -0.39 is 0 Å². The SMILES string of the molecule is CCn1c(C)c(C(=O)OC)sc1=Nc1ccccc1OC. The molecule has 0 aliphatic heterocycles. The van der Waals surface area contributed by atoms with Gasteiger partial charge in [0, 0.05) is 12.2 Å². The van der Waals surface area contributed by atoms with Gasteiger partial charge in [-0.2, -0.15) is 0 Å². The van der Waals surface area contributed by atoms with Gasteiger partial charge in [0.1, 0.15) is 16.3 Å². The molecule has 0 saturated carbocycles. The summed E-state index contributed by atoms with van der Waals surface area (Å²) in [6.45, 7) is 4.64. The molecular weight excluding hydrogens is 288 g/mol. The maximum atomic E-state index is 11.8. The van der Waals surface area contributed by atoms with Gasteiger partial charge in [-0.1, -0.05) is 23.5 Å². The lowest BCUT2D eigenvalue weighted by atomic mass is 10.3. The number of aromatic nitrogens is 1. The number of benzene rings is 1. The molecule has 0 spiro atoms. The second-order valence-corrected chi connectivity index (χ2v) is 5.30. The molecule has 21 heavy (non-hydrogen) atoms. The van der Waals surface area contributed by atoms with Gasteiger partial charge in [-0.25, -0.2) is 9.79 Å². The number of thiazole rings is 1. The summed E-state index contributed by atoms with van der Waals surface area (Å²) >= 11 is 1.32. The fourth-order valence-corrected chi connectivity index (χ4v) is 3.18. The van der Waals surface area contributed by atoms with Gasteiger partial charge in [0.2, 0.25) is 0 Å². The summed E-state index contributed by atoms with van der Waals surface area (Å²) in [5.74, 6) is 0.368. The van der Waals surface area contributed by atoms with E-state index in [9.17, 15) is 4.79 Å². The molecule has 0 fully saturated rings. The number of nitrogens with zero attached hydrogens (tertiary/aromatic N) is 2. The highest BCUT2D eigenvalue weighted by atomic mass is 32.1. The van der Waals surface area contributed by atoms with Crippen LogP contribution < -0.4 is 9.54 Å². The number of para-hydroxylation sites is 2. The Morgan fingerprint density at radius 1 is 1.33 bits per heavy atom. The number of carbonyl (C=O) groups excluding carboxylic acids is 1. The van der Waals surface area contributed by atoms with Crippen molar-refractivity contribution < 1.29 is 14.3 Å². The smallest absolute Gasteiger partial charge is 0.349 e. The predicted molar refractivity (Wildman–Crippen MR) is 82.3 cm³/mol. The van der Waals surface area contributed by atoms with Gasteiger partial charge in [-0.15, -0.1) is 0 Å². The first-order valence-corrected chi connectivity index (χ1v) is 7.40. The van der Waals surface area contributed by atoms with Gasteiger partial charge in [-0.05, 0) is 26.0 Å². The minimum atomic E-state index is -0.332. The highest BCUT2D eigenvalue weighted by molar-refractivity contribution is 7.11. The number of rotatable bonds is 4. The molecule has 1 heterocycles. The van der Waals surface area contributed by atoms with Crippen molar-refractivity contribution in [3.8, 4) is 5.75 Å². The van der Waals surface area contributed by atoms with Gasteiger partial charge < -0.3 is 14.0 Å². The zero-order valence-corrected chi connectivity index (χ0v) is 13.4. The summed E-state index contributed by atoms with van der Waals surface area (Å²) in [5, 5.41) is 0. The van der Waals surface area contributed by atoms with Crippen LogP contribution in [0, 0.1) is 6.92 Å².